The maximum Gasteiger partial charge on any atom is 0.166 e. The standard InChI is InChI=1S/C22H24N2O2/c1-17-7-3-4-9-20(17)16-26-22-19(10-5-11-21(22)25-2)15-24-14-18-8-6-12-23-13-18/h3-13,24H,14-16H2,1-2H3. The number of methoxy groups -OCH3 is 1. The van der Waals surface area contributed by atoms with Crippen molar-refractivity contribution in [2.75, 3.05) is 7.11 Å². The Morgan fingerprint density at radius 2 is 1.77 bits per heavy atom. The third kappa shape index (κ3) is 4.61. The molecule has 4 nitrogen and oxygen atoms in total. The molecular formula is C22H24N2O2. The molecule has 0 radical (unpaired) electrons. The van der Waals surface area contributed by atoms with E-state index in [0.29, 0.717) is 13.2 Å². The monoisotopic (exact) mass is 348 g/mol. The summed E-state index contributed by atoms with van der Waals surface area (Å²) < 4.78 is 11.7. The first-order valence-electron chi connectivity index (χ1n) is 8.70. The van der Waals surface area contributed by atoms with Gasteiger partial charge in [-0.15, -0.1) is 0 Å². The Labute approximate surface area is 154 Å². The summed E-state index contributed by atoms with van der Waals surface area (Å²) in [5.74, 6) is 1.54. The number of hydrogen-bond donors (Lipinski definition) is 1. The minimum atomic E-state index is 0.517. The molecule has 0 amide bonds. The van der Waals surface area contributed by atoms with E-state index in [-0.39, 0.29) is 0 Å². The molecule has 0 saturated carbocycles. The summed E-state index contributed by atoms with van der Waals surface area (Å²) in [5.41, 5.74) is 4.62. The van der Waals surface area contributed by atoms with Crippen LogP contribution in [-0.2, 0) is 19.7 Å². The number of nitrogens with one attached hydrogen (secondary N) is 1. The molecule has 0 atom stereocenters. The van der Waals surface area contributed by atoms with Gasteiger partial charge in [0.1, 0.15) is 6.61 Å². The molecule has 0 aliphatic rings. The van der Waals surface area contributed by atoms with Crippen LogP contribution in [-0.4, -0.2) is 12.1 Å². The first kappa shape index (κ1) is 18.0. The summed E-state index contributed by atoms with van der Waals surface area (Å²) in [4.78, 5) is 4.14. The molecule has 0 aliphatic heterocycles. The van der Waals surface area contributed by atoms with Crippen LogP contribution in [0.15, 0.2) is 67.0 Å². The highest BCUT2D eigenvalue weighted by Gasteiger charge is 2.11. The van der Waals surface area contributed by atoms with E-state index < -0.39 is 0 Å². The van der Waals surface area contributed by atoms with E-state index in [1.807, 2.05) is 36.5 Å². The summed E-state index contributed by atoms with van der Waals surface area (Å²) in [5, 5.41) is 3.44. The lowest BCUT2D eigenvalue weighted by atomic mass is 10.1. The SMILES string of the molecule is COc1cccc(CNCc2cccnc2)c1OCc1ccccc1C. The van der Waals surface area contributed by atoms with Gasteiger partial charge >= 0.3 is 0 Å². The van der Waals surface area contributed by atoms with Gasteiger partial charge in [0.15, 0.2) is 11.5 Å². The Balaban J connectivity index is 1.70. The van der Waals surface area contributed by atoms with Crippen LogP contribution in [0.25, 0.3) is 0 Å². The molecular weight excluding hydrogens is 324 g/mol. The van der Waals surface area contributed by atoms with Crippen LogP contribution in [0.4, 0.5) is 0 Å². The zero-order valence-electron chi connectivity index (χ0n) is 15.2. The average molecular weight is 348 g/mol. The third-order valence-electron chi connectivity index (χ3n) is 4.28. The summed E-state index contributed by atoms with van der Waals surface area (Å²) in [6.45, 7) is 4.05. The maximum atomic E-state index is 6.15. The van der Waals surface area contributed by atoms with Crippen molar-refractivity contribution in [3.05, 3.63) is 89.2 Å². The van der Waals surface area contributed by atoms with E-state index in [2.05, 4.69) is 41.5 Å². The van der Waals surface area contributed by atoms with Gasteiger partial charge in [0.05, 0.1) is 7.11 Å². The van der Waals surface area contributed by atoms with Crippen molar-refractivity contribution in [3.8, 4) is 11.5 Å². The Hall–Kier alpha value is -2.85. The second-order valence-electron chi connectivity index (χ2n) is 6.13. The fourth-order valence-corrected chi connectivity index (χ4v) is 2.79. The largest absolute Gasteiger partial charge is 0.493 e. The molecule has 3 aromatic rings. The number of hydrogen-bond acceptors (Lipinski definition) is 4. The lowest BCUT2D eigenvalue weighted by Crippen LogP contribution is -2.14. The van der Waals surface area contributed by atoms with Gasteiger partial charge in [-0.05, 0) is 35.7 Å². The molecule has 0 bridgehead atoms. The number of para-hydroxylation sites is 1. The fourth-order valence-electron chi connectivity index (χ4n) is 2.79. The Bertz CT molecular complexity index is 835. The van der Waals surface area contributed by atoms with Crippen molar-refractivity contribution >= 4 is 0 Å². The van der Waals surface area contributed by atoms with Crippen molar-refractivity contribution in [3.63, 3.8) is 0 Å². The maximum absolute atomic E-state index is 6.15. The number of rotatable bonds is 8. The fraction of sp³-hybridized carbons (Fsp3) is 0.227. The van der Waals surface area contributed by atoms with Gasteiger partial charge in [-0.1, -0.05) is 42.5 Å². The van der Waals surface area contributed by atoms with Crippen LogP contribution in [0, 0.1) is 6.92 Å². The minimum absolute atomic E-state index is 0.517. The lowest BCUT2D eigenvalue weighted by molar-refractivity contribution is 0.280. The topological polar surface area (TPSA) is 43.4 Å². The van der Waals surface area contributed by atoms with E-state index in [1.54, 1.807) is 13.3 Å². The lowest BCUT2D eigenvalue weighted by Gasteiger charge is -2.16. The number of aryl methyl sites for hydroxylation is 1. The summed E-state index contributed by atoms with van der Waals surface area (Å²) in [7, 11) is 1.67. The number of pyridine rings is 1. The van der Waals surface area contributed by atoms with Crippen LogP contribution in [0.1, 0.15) is 22.3 Å². The smallest absolute Gasteiger partial charge is 0.166 e. The molecule has 134 valence electrons. The second kappa shape index (κ2) is 9.02. The van der Waals surface area contributed by atoms with Gasteiger partial charge in [0, 0.05) is 31.0 Å². The van der Waals surface area contributed by atoms with E-state index in [0.717, 1.165) is 29.2 Å². The zero-order chi connectivity index (χ0) is 18.2. The molecule has 0 unspecified atom stereocenters. The summed E-state index contributed by atoms with van der Waals surface area (Å²) in [6, 6.07) is 18.2. The van der Waals surface area contributed by atoms with E-state index in [1.165, 1.54) is 11.1 Å². The van der Waals surface area contributed by atoms with E-state index in [4.69, 9.17) is 9.47 Å². The molecule has 26 heavy (non-hydrogen) atoms. The number of benzene rings is 2. The zero-order valence-corrected chi connectivity index (χ0v) is 15.2. The van der Waals surface area contributed by atoms with Gasteiger partial charge in [-0.25, -0.2) is 0 Å². The third-order valence-corrected chi connectivity index (χ3v) is 4.28. The quantitative estimate of drug-likeness (QED) is 0.660. The first-order chi connectivity index (χ1) is 12.8. The Morgan fingerprint density at radius 3 is 2.54 bits per heavy atom. The molecule has 1 heterocycles. The average Bonchev–Trinajstić information content (AvgIpc) is 2.68. The van der Waals surface area contributed by atoms with Gasteiger partial charge < -0.3 is 14.8 Å². The van der Waals surface area contributed by atoms with Gasteiger partial charge in [0.2, 0.25) is 0 Å². The van der Waals surface area contributed by atoms with Gasteiger partial charge in [0.25, 0.3) is 0 Å². The normalized spacial score (nSPS) is 10.5. The Morgan fingerprint density at radius 1 is 0.923 bits per heavy atom. The summed E-state index contributed by atoms with van der Waals surface area (Å²) >= 11 is 0. The van der Waals surface area contributed by atoms with Crippen LogP contribution in [0.3, 0.4) is 0 Å². The van der Waals surface area contributed by atoms with Crippen molar-refractivity contribution < 1.29 is 9.47 Å². The molecule has 0 aliphatic carbocycles. The van der Waals surface area contributed by atoms with Crippen LogP contribution < -0.4 is 14.8 Å². The second-order valence-corrected chi connectivity index (χ2v) is 6.13. The highest BCUT2D eigenvalue weighted by molar-refractivity contribution is 5.47. The predicted octanol–water partition coefficient (Wildman–Crippen LogP) is 4.27. The highest BCUT2D eigenvalue weighted by atomic mass is 16.5. The van der Waals surface area contributed by atoms with Crippen LogP contribution in [0.2, 0.25) is 0 Å². The minimum Gasteiger partial charge on any atom is -0.493 e. The predicted molar refractivity (Wildman–Crippen MR) is 103 cm³/mol. The van der Waals surface area contributed by atoms with Crippen molar-refractivity contribution in [2.24, 2.45) is 0 Å². The van der Waals surface area contributed by atoms with E-state index in [9.17, 15) is 0 Å². The van der Waals surface area contributed by atoms with Crippen molar-refractivity contribution in [1.29, 1.82) is 0 Å². The molecule has 2 aromatic carbocycles. The first-order valence-corrected chi connectivity index (χ1v) is 8.70. The molecule has 4 heteroatoms. The molecule has 0 fully saturated rings. The van der Waals surface area contributed by atoms with Crippen LogP contribution >= 0.6 is 0 Å². The van der Waals surface area contributed by atoms with Crippen molar-refractivity contribution in [2.45, 2.75) is 26.6 Å². The molecule has 1 aromatic heterocycles. The highest BCUT2D eigenvalue weighted by Crippen LogP contribution is 2.32. The van der Waals surface area contributed by atoms with Crippen LogP contribution in [0.5, 0.6) is 11.5 Å². The molecule has 0 saturated heterocycles. The van der Waals surface area contributed by atoms with Gasteiger partial charge in [-0.2, -0.15) is 0 Å². The number of ether oxygens (including phenoxy) is 2. The molecule has 0 spiro atoms. The van der Waals surface area contributed by atoms with Gasteiger partial charge in [-0.3, -0.25) is 4.98 Å². The number of aromatic nitrogens is 1. The van der Waals surface area contributed by atoms with E-state index >= 15 is 0 Å². The van der Waals surface area contributed by atoms with Crippen molar-refractivity contribution in [1.82, 2.24) is 10.3 Å². The summed E-state index contributed by atoms with van der Waals surface area (Å²) in [6.07, 6.45) is 3.65. The molecule has 3 rings (SSSR count). The number of nitrogens with zero attached hydrogens (tertiary/aromatic N) is 1. The Kier molecular flexibility index (Phi) is 6.23. The molecule has 1 N–H and O–H groups in total.